The summed E-state index contributed by atoms with van der Waals surface area (Å²) in [5.41, 5.74) is 1.13. The second-order valence-corrected chi connectivity index (χ2v) is 8.59. The van der Waals surface area contributed by atoms with E-state index in [1.807, 2.05) is 7.05 Å². The average Bonchev–Trinajstić information content (AvgIpc) is 3.08. The predicted octanol–water partition coefficient (Wildman–Crippen LogP) is 3.30. The number of halogens is 1. The molecular weight excluding hydrogens is 485 g/mol. The van der Waals surface area contributed by atoms with E-state index in [-0.39, 0.29) is 24.0 Å². The van der Waals surface area contributed by atoms with E-state index in [9.17, 15) is 0 Å². The third-order valence-corrected chi connectivity index (χ3v) is 5.84. The number of guanidine groups is 1. The van der Waals surface area contributed by atoms with Gasteiger partial charge in [0.25, 0.3) is 0 Å². The molecule has 1 aromatic rings. The largest absolute Gasteiger partial charge is 0.379 e. The highest BCUT2D eigenvalue weighted by Crippen LogP contribution is 2.13. The van der Waals surface area contributed by atoms with E-state index >= 15 is 0 Å². The number of rotatable bonds is 10. The maximum absolute atomic E-state index is 5.51. The predicted molar refractivity (Wildman–Crippen MR) is 130 cm³/mol. The Labute approximate surface area is 192 Å². The average molecular weight is 524 g/mol. The molecule has 0 aromatic carbocycles. The van der Waals surface area contributed by atoms with Crippen LogP contribution in [0.1, 0.15) is 43.8 Å². The topological polar surface area (TPSA) is 61.8 Å². The molecule has 0 saturated carbocycles. The van der Waals surface area contributed by atoms with E-state index < -0.39 is 0 Å². The molecule has 0 bridgehead atoms. The fourth-order valence-corrected chi connectivity index (χ4v) is 4.23. The SMILES string of the molecule is CN=C(NCCCCc1nc(C)cs1)NCC(CC(C)C)N1CCOCC1.I. The van der Waals surface area contributed by atoms with Crippen LogP contribution in [-0.2, 0) is 11.2 Å². The third kappa shape index (κ3) is 9.84. The fraction of sp³-hybridized carbons (Fsp3) is 0.800. The highest BCUT2D eigenvalue weighted by molar-refractivity contribution is 14.0. The molecule has 1 unspecified atom stereocenters. The molecule has 1 fully saturated rings. The minimum absolute atomic E-state index is 0. The number of nitrogens with one attached hydrogen (secondary N) is 2. The minimum atomic E-state index is 0. The quantitative estimate of drug-likeness (QED) is 0.213. The summed E-state index contributed by atoms with van der Waals surface area (Å²) in [6, 6.07) is 0.528. The summed E-state index contributed by atoms with van der Waals surface area (Å²) in [5.74, 6) is 1.59. The summed E-state index contributed by atoms with van der Waals surface area (Å²) < 4.78 is 5.51. The van der Waals surface area contributed by atoms with Crippen molar-refractivity contribution >= 4 is 41.3 Å². The van der Waals surface area contributed by atoms with Gasteiger partial charge in [-0.2, -0.15) is 0 Å². The van der Waals surface area contributed by atoms with Gasteiger partial charge in [-0.15, -0.1) is 35.3 Å². The van der Waals surface area contributed by atoms with Gasteiger partial charge in [0.1, 0.15) is 0 Å². The van der Waals surface area contributed by atoms with Crippen molar-refractivity contribution in [2.24, 2.45) is 10.9 Å². The van der Waals surface area contributed by atoms with Crippen LogP contribution >= 0.6 is 35.3 Å². The molecule has 8 heteroatoms. The molecule has 1 aliphatic heterocycles. The standard InChI is InChI=1S/C20H37N5OS.HI/c1-16(2)13-18(25-9-11-26-12-10-25)14-23-20(21-4)22-8-6-5-7-19-24-17(3)15-27-19;/h15-16,18H,5-14H2,1-4H3,(H2,21,22,23);1H. The van der Waals surface area contributed by atoms with Crippen molar-refractivity contribution in [3.8, 4) is 0 Å². The Bertz CT molecular complexity index is 561. The molecule has 0 amide bonds. The van der Waals surface area contributed by atoms with Gasteiger partial charge in [-0.1, -0.05) is 13.8 Å². The van der Waals surface area contributed by atoms with E-state index in [0.29, 0.717) is 12.0 Å². The first kappa shape index (κ1) is 25.6. The number of ether oxygens (including phenoxy) is 1. The van der Waals surface area contributed by atoms with Gasteiger partial charge in [-0.05, 0) is 38.5 Å². The van der Waals surface area contributed by atoms with Gasteiger partial charge in [-0.25, -0.2) is 4.98 Å². The van der Waals surface area contributed by atoms with Gasteiger partial charge in [0.2, 0.25) is 0 Å². The fourth-order valence-electron chi connectivity index (χ4n) is 3.41. The first-order valence-electron chi connectivity index (χ1n) is 10.3. The lowest BCUT2D eigenvalue weighted by Gasteiger charge is -2.35. The number of aliphatic imine (C=N–C) groups is 1. The molecule has 1 atom stereocenters. The van der Waals surface area contributed by atoms with Crippen molar-refractivity contribution in [2.45, 2.75) is 52.5 Å². The molecule has 28 heavy (non-hydrogen) atoms. The van der Waals surface area contributed by atoms with Gasteiger partial charge < -0.3 is 15.4 Å². The lowest BCUT2D eigenvalue weighted by atomic mass is 10.0. The zero-order valence-electron chi connectivity index (χ0n) is 17.9. The summed E-state index contributed by atoms with van der Waals surface area (Å²) in [6.07, 6.45) is 4.54. The molecule has 1 aromatic heterocycles. The zero-order valence-corrected chi connectivity index (χ0v) is 21.0. The molecule has 1 aliphatic rings. The molecule has 1 saturated heterocycles. The maximum atomic E-state index is 5.51. The first-order valence-corrected chi connectivity index (χ1v) is 11.1. The van der Waals surface area contributed by atoms with Crippen LogP contribution in [0.4, 0.5) is 0 Å². The molecule has 162 valence electrons. The Kier molecular flexibility index (Phi) is 13.3. The van der Waals surface area contributed by atoms with E-state index in [4.69, 9.17) is 4.74 Å². The number of unbranched alkanes of at least 4 members (excludes halogenated alkanes) is 1. The molecular formula is C20H38IN5OS. The zero-order chi connectivity index (χ0) is 19.5. The molecule has 6 nitrogen and oxygen atoms in total. The molecule has 2 heterocycles. The van der Waals surface area contributed by atoms with Gasteiger partial charge in [0.15, 0.2) is 5.96 Å². The van der Waals surface area contributed by atoms with E-state index in [1.54, 1.807) is 11.3 Å². The normalized spacial score (nSPS) is 16.7. The molecule has 0 aliphatic carbocycles. The van der Waals surface area contributed by atoms with Gasteiger partial charge in [0, 0.05) is 50.3 Å². The number of hydrogen-bond donors (Lipinski definition) is 2. The van der Waals surface area contributed by atoms with Crippen molar-refractivity contribution in [1.82, 2.24) is 20.5 Å². The summed E-state index contributed by atoms with van der Waals surface area (Å²) in [6.45, 7) is 12.3. The smallest absolute Gasteiger partial charge is 0.191 e. The Morgan fingerprint density at radius 1 is 1.29 bits per heavy atom. The van der Waals surface area contributed by atoms with Crippen LogP contribution in [0.5, 0.6) is 0 Å². The van der Waals surface area contributed by atoms with E-state index in [1.165, 1.54) is 11.4 Å². The lowest BCUT2D eigenvalue weighted by Crippen LogP contribution is -2.51. The van der Waals surface area contributed by atoms with E-state index in [0.717, 1.165) is 70.3 Å². The minimum Gasteiger partial charge on any atom is -0.379 e. The van der Waals surface area contributed by atoms with Crippen LogP contribution in [0.25, 0.3) is 0 Å². The number of hydrogen-bond acceptors (Lipinski definition) is 5. The van der Waals surface area contributed by atoms with Crippen molar-refractivity contribution in [3.63, 3.8) is 0 Å². The molecule has 0 radical (unpaired) electrons. The summed E-state index contributed by atoms with van der Waals surface area (Å²) in [5, 5.41) is 10.4. The van der Waals surface area contributed by atoms with Crippen LogP contribution in [0, 0.1) is 12.8 Å². The van der Waals surface area contributed by atoms with Crippen LogP contribution in [-0.4, -0.2) is 68.3 Å². The molecule has 2 rings (SSSR count). The second-order valence-electron chi connectivity index (χ2n) is 7.65. The Morgan fingerprint density at radius 3 is 2.64 bits per heavy atom. The second kappa shape index (κ2) is 14.5. The van der Waals surface area contributed by atoms with Crippen molar-refractivity contribution in [3.05, 3.63) is 16.1 Å². The summed E-state index contributed by atoms with van der Waals surface area (Å²) in [4.78, 5) is 11.5. The third-order valence-electron chi connectivity index (χ3n) is 4.81. The number of nitrogens with zero attached hydrogens (tertiary/aromatic N) is 3. The first-order chi connectivity index (χ1) is 13.1. The highest BCUT2D eigenvalue weighted by atomic mass is 127. The van der Waals surface area contributed by atoms with Gasteiger partial charge in [-0.3, -0.25) is 9.89 Å². The number of thiazole rings is 1. The Morgan fingerprint density at radius 2 is 2.04 bits per heavy atom. The van der Waals surface area contributed by atoms with Crippen molar-refractivity contribution in [2.75, 3.05) is 46.4 Å². The Hall–Kier alpha value is -0.450. The van der Waals surface area contributed by atoms with Gasteiger partial charge in [0.05, 0.1) is 18.2 Å². The van der Waals surface area contributed by atoms with Crippen LogP contribution in [0.2, 0.25) is 0 Å². The maximum Gasteiger partial charge on any atom is 0.191 e. The molecule has 2 N–H and O–H groups in total. The van der Waals surface area contributed by atoms with E-state index in [2.05, 4.69) is 51.7 Å². The van der Waals surface area contributed by atoms with Crippen LogP contribution in [0.3, 0.4) is 0 Å². The van der Waals surface area contributed by atoms with Crippen molar-refractivity contribution in [1.29, 1.82) is 0 Å². The number of morpholine rings is 1. The van der Waals surface area contributed by atoms with Crippen LogP contribution in [0.15, 0.2) is 10.4 Å². The lowest BCUT2D eigenvalue weighted by molar-refractivity contribution is 0.0132. The van der Waals surface area contributed by atoms with Crippen LogP contribution < -0.4 is 10.6 Å². The van der Waals surface area contributed by atoms with Gasteiger partial charge >= 0.3 is 0 Å². The number of aromatic nitrogens is 1. The Balaban J connectivity index is 0.00000392. The number of aryl methyl sites for hydroxylation is 2. The summed E-state index contributed by atoms with van der Waals surface area (Å²) >= 11 is 1.77. The monoisotopic (exact) mass is 523 g/mol. The highest BCUT2D eigenvalue weighted by Gasteiger charge is 2.22. The summed E-state index contributed by atoms with van der Waals surface area (Å²) in [7, 11) is 1.85. The molecule has 0 spiro atoms. The van der Waals surface area contributed by atoms with Crippen molar-refractivity contribution < 1.29 is 4.74 Å².